The summed E-state index contributed by atoms with van der Waals surface area (Å²) in [4.78, 5) is 12.4. The predicted octanol–water partition coefficient (Wildman–Crippen LogP) is 3.90. The summed E-state index contributed by atoms with van der Waals surface area (Å²) in [6.45, 7) is 0. The number of carbonyl (C=O) groups excluding carboxylic acids is 1. The van der Waals surface area contributed by atoms with E-state index in [0.29, 0.717) is 28.5 Å². The molecule has 3 aromatic rings. The van der Waals surface area contributed by atoms with Crippen LogP contribution in [0, 0.1) is 11.8 Å². The van der Waals surface area contributed by atoms with Gasteiger partial charge in [-0.05, 0) is 66.6 Å². The molecule has 2 aliphatic rings. The molecule has 2 atom stereocenters. The number of rotatable bonds is 3. The molecule has 3 N–H and O–H groups in total. The van der Waals surface area contributed by atoms with Crippen LogP contribution in [0.25, 0.3) is 10.9 Å². The molecule has 2 aliphatic carbocycles. The Morgan fingerprint density at radius 2 is 1.85 bits per heavy atom. The van der Waals surface area contributed by atoms with Crippen LogP contribution in [0.1, 0.15) is 28.8 Å². The molecule has 0 saturated heterocycles. The molecule has 0 aliphatic heterocycles. The summed E-state index contributed by atoms with van der Waals surface area (Å²) in [5.74, 6) is 0.439. The fourth-order valence-electron chi connectivity index (χ4n) is 4.54. The van der Waals surface area contributed by atoms with Crippen molar-refractivity contribution in [3.8, 4) is 0 Å². The first-order chi connectivity index (χ1) is 12.9. The van der Waals surface area contributed by atoms with E-state index >= 15 is 0 Å². The third kappa shape index (κ3) is 2.81. The van der Waals surface area contributed by atoms with E-state index in [1.54, 1.807) is 30.5 Å². The molecule has 0 bridgehead atoms. The van der Waals surface area contributed by atoms with Gasteiger partial charge in [-0.15, -0.1) is 0 Å². The fourth-order valence-corrected chi connectivity index (χ4v) is 4.88. The van der Waals surface area contributed by atoms with Crippen LogP contribution in [-0.2, 0) is 5.60 Å². The third-order valence-corrected chi connectivity index (χ3v) is 6.38. The number of aromatic amines is 1. The molecule has 2 aromatic carbocycles. The maximum atomic E-state index is 12.4. The summed E-state index contributed by atoms with van der Waals surface area (Å²) in [7, 11) is 0. The van der Waals surface area contributed by atoms with E-state index in [1.165, 1.54) is 0 Å². The summed E-state index contributed by atoms with van der Waals surface area (Å²) in [6, 6.07) is 10.6. The van der Waals surface area contributed by atoms with Gasteiger partial charge in [-0.2, -0.15) is 5.10 Å². The maximum Gasteiger partial charge on any atom is 0.251 e. The topological polar surface area (TPSA) is 78.0 Å². The molecule has 2 unspecified atom stereocenters. The molecule has 27 heavy (non-hydrogen) atoms. The minimum absolute atomic E-state index is 0.102. The van der Waals surface area contributed by atoms with Gasteiger partial charge in [0.2, 0.25) is 0 Å². The van der Waals surface area contributed by atoms with Crippen LogP contribution in [0.2, 0.25) is 10.0 Å². The summed E-state index contributed by atoms with van der Waals surface area (Å²) >= 11 is 12.1. The number of nitrogens with zero attached hydrogens (tertiary/aromatic N) is 1. The fraction of sp³-hybridized carbons (Fsp3) is 0.300. The predicted molar refractivity (Wildman–Crippen MR) is 104 cm³/mol. The Morgan fingerprint density at radius 3 is 2.56 bits per heavy atom. The number of hydrogen-bond donors (Lipinski definition) is 3. The van der Waals surface area contributed by atoms with Gasteiger partial charge in [0.25, 0.3) is 5.91 Å². The zero-order chi connectivity index (χ0) is 18.8. The second kappa shape index (κ2) is 5.96. The highest BCUT2D eigenvalue weighted by Gasteiger charge is 2.62. The van der Waals surface area contributed by atoms with E-state index < -0.39 is 5.60 Å². The smallest absolute Gasteiger partial charge is 0.251 e. The van der Waals surface area contributed by atoms with E-state index in [2.05, 4.69) is 15.5 Å². The summed E-state index contributed by atoms with van der Waals surface area (Å²) in [5, 5.41) is 23.4. The number of amides is 1. The average Bonchev–Trinajstić information content (AvgIpc) is 3.02. The number of carbonyl (C=O) groups is 1. The summed E-state index contributed by atoms with van der Waals surface area (Å²) in [6.07, 6.45) is 2.93. The molecule has 0 spiro atoms. The zero-order valence-corrected chi connectivity index (χ0v) is 15.8. The van der Waals surface area contributed by atoms with Crippen LogP contribution in [0.3, 0.4) is 0 Å². The first-order valence-corrected chi connectivity index (χ1v) is 9.62. The lowest BCUT2D eigenvalue weighted by Gasteiger charge is -2.27. The largest absolute Gasteiger partial charge is 0.385 e. The van der Waals surface area contributed by atoms with Crippen molar-refractivity contribution >= 4 is 40.0 Å². The van der Waals surface area contributed by atoms with E-state index in [0.717, 1.165) is 16.5 Å². The Balaban J connectivity index is 1.32. The minimum atomic E-state index is -0.941. The Morgan fingerprint density at radius 1 is 1.15 bits per heavy atom. The van der Waals surface area contributed by atoms with Crippen LogP contribution in [0.4, 0.5) is 0 Å². The van der Waals surface area contributed by atoms with Crippen molar-refractivity contribution in [1.82, 2.24) is 15.5 Å². The van der Waals surface area contributed by atoms with Crippen LogP contribution in [0.15, 0.2) is 42.6 Å². The number of hydrogen-bond acceptors (Lipinski definition) is 3. The lowest BCUT2D eigenvalue weighted by atomic mass is 9.86. The highest BCUT2D eigenvalue weighted by atomic mass is 35.5. The molecule has 5 rings (SSSR count). The Hall–Kier alpha value is -2.08. The molecule has 0 radical (unpaired) electrons. The van der Waals surface area contributed by atoms with Gasteiger partial charge in [0, 0.05) is 27.0 Å². The standard InChI is InChI=1S/C20H17Cl2N3O2/c21-11-3-1-10(2-4-11)19(26)24-18-13-7-20(27,8-14(13)18)16-5-12(22)6-17-15(16)9-23-25-17/h1-6,9,13-14,18,27H,7-8H2,(H,23,25)(H,24,26). The molecule has 1 amide bonds. The average molecular weight is 402 g/mol. The Bertz CT molecular complexity index is 1040. The highest BCUT2D eigenvalue weighted by Crippen LogP contribution is 2.60. The SMILES string of the molecule is O=C(NC1C2CC(O)(c3cc(Cl)cc4[nH]ncc34)CC21)c1ccc(Cl)cc1. The molecule has 7 heteroatoms. The number of fused-ring (bicyclic) bond motifs is 2. The van der Waals surface area contributed by atoms with Crippen LogP contribution < -0.4 is 5.32 Å². The van der Waals surface area contributed by atoms with Crippen molar-refractivity contribution in [2.24, 2.45) is 11.8 Å². The summed E-state index contributed by atoms with van der Waals surface area (Å²) < 4.78 is 0. The van der Waals surface area contributed by atoms with E-state index in [4.69, 9.17) is 23.2 Å². The zero-order valence-electron chi connectivity index (χ0n) is 14.2. The van der Waals surface area contributed by atoms with Gasteiger partial charge >= 0.3 is 0 Å². The van der Waals surface area contributed by atoms with E-state index in [-0.39, 0.29) is 23.8 Å². The monoisotopic (exact) mass is 401 g/mol. The van der Waals surface area contributed by atoms with E-state index in [9.17, 15) is 9.90 Å². The number of benzene rings is 2. The third-order valence-electron chi connectivity index (χ3n) is 5.91. The molecule has 2 fully saturated rings. The number of aromatic nitrogens is 2. The maximum absolute atomic E-state index is 12.4. The second-order valence-corrected chi connectivity index (χ2v) is 8.43. The highest BCUT2D eigenvalue weighted by molar-refractivity contribution is 6.31. The van der Waals surface area contributed by atoms with Gasteiger partial charge in [-0.25, -0.2) is 0 Å². The number of halogens is 2. The normalized spacial score (nSPS) is 28.9. The van der Waals surface area contributed by atoms with E-state index in [1.807, 2.05) is 12.1 Å². The van der Waals surface area contributed by atoms with Crippen LogP contribution in [-0.4, -0.2) is 27.3 Å². The first kappa shape index (κ1) is 17.0. The van der Waals surface area contributed by atoms with Crippen molar-refractivity contribution in [2.45, 2.75) is 24.5 Å². The van der Waals surface area contributed by atoms with Gasteiger partial charge < -0.3 is 10.4 Å². The van der Waals surface area contributed by atoms with Crippen molar-refractivity contribution in [3.63, 3.8) is 0 Å². The Labute approximate surface area is 165 Å². The number of nitrogens with one attached hydrogen (secondary N) is 2. The number of H-pyrrole nitrogens is 1. The van der Waals surface area contributed by atoms with Crippen LogP contribution in [0.5, 0.6) is 0 Å². The molecule has 1 aromatic heterocycles. The lowest BCUT2D eigenvalue weighted by Crippen LogP contribution is -2.33. The van der Waals surface area contributed by atoms with Crippen molar-refractivity contribution in [3.05, 3.63) is 63.8 Å². The Kier molecular flexibility index (Phi) is 3.76. The molecule has 5 nitrogen and oxygen atoms in total. The molecule has 2 saturated carbocycles. The van der Waals surface area contributed by atoms with Gasteiger partial charge in [0.1, 0.15) is 0 Å². The summed E-state index contributed by atoms with van der Waals surface area (Å²) in [5.41, 5.74) is 1.28. The van der Waals surface area contributed by atoms with Crippen molar-refractivity contribution < 1.29 is 9.90 Å². The quantitative estimate of drug-likeness (QED) is 0.622. The first-order valence-electron chi connectivity index (χ1n) is 8.86. The van der Waals surface area contributed by atoms with Crippen molar-refractivity contribution in [2.75, 3.05) is 0 Å². The van der Waals surface area contributed by atoms with Gasteiger partial charge in [0.15, 0.2) is 0 Å². The molecule has 138 valence electrons. The molecular formula is C20H17Cl2N3O2. The van der Waals surface area contributed by atoms with Crippen molar-refractivity contribution in [1.29, 1.82) is 0 Å². The molecule has 1 heterocycles. The van der Waals surface area contributed by atoms with Crippen LogP contribution >= 0.6 is 23.2 Å². The van der Waals surface area contributed by atoms with Gasteiger partial charge in [-0.1, -0.05) is 23.2 Å². The number of aliphatic hydroxyl groups is 1. The minimum Gasteiger partial charge on any atom is -0.385 e. The lowest BCUT2D eigenvalue weighted by molar-refractivity contribution is 0.0293. The molecular weight excluding hydrogens is 385 g/mol. The van der Waals surface area contributed by atoms with Gasteiger partial charge in [-0.3, -0.25) is 9.89 Å². The van der Waals surface area contributed by atoms with Gasteiger partial charge in [0.05, 0.1) is 17.3 Å². The second-order valence-electron chi connectivity index (χ2n) is 7.56.